The van der Waals surface area contributed by atoms with Crippen LogP contribution in [0.25, 0.3) is 11.0 Å². The van der Waals surface area contributed by atoms with E-state index >= 15 is 0 Å². The number of furan rings is 1. The monoisotopic (exact) mass is 279 g/mol. The van der Waals surface area contributed by atoms with Crippen LogP contribution in [0.5, 0.6) is 0 Å². The summed E-state index contributed by atoms with van der Waals surface area (Å²) in [7, 11) is 0. The number of benzene rings is 2. The van der Waals surface area contributed by atoms with E-state index < -0.39 is 0 Å². The Balaban J connectivity index is 1.81. The van der Waals surface area contributed by atoms with Gasteiger partial charge < -0.3 is 9.73 Å². The second-order valence-corrected chi connectivity index (χ2v) is 5.20. The summed E-state index contributed by atoms with van der Waals surface area (Å²) in [5, 5.41) is 3.92. The first-order valence-electron chi connectivity index (χ1n) is 7.00. The molecule has 2 aromatic carbocycles. The summed E-state index contributed by atoms with van der Waals surface area (Å²) in [5.41, 5.74) is 3.00. The fourth-order valence-corrected chi connectivity index (χ4v) is 2.51. The fraction of sp³-hybridized carbons (Fsp3) is 0.167. The number of nitrogens with one attached hydrogen (secondary N) is 1. The topological polar surface area (TPSA) is 42.2 Å². The van der Waals surface area contributed by atoms with Gasteiger partial charge in [0, 0.05) is 5.39 Å². The molecule has 21 heavy (non-hydrogen) atoms. The molecule has 1 atom stereocenters. The van der Waals surface area contributed by atoms with Gasteiger partial charge in [-0.25, -0.2) is 0 Å². The molecule has 0 aliphatic carbocycles. The smallest absolute Gasteiger partial charge is 0.287 e. The Morgan fingerprint density at radius 3 is 2.57 bits per heavy atom. The zero-order valence-corrected chi connectivity index (χ0v) is 12.1. The Hall–Kier alpha value is -2.55. The van der Waals surface area contributed by atoms with Crippen molar-refractivity contribution in [2.45, 2.75) is 19.9 Å². The molecule has 0 radical (unpaired) electrons. The van der Waals surface area contributed by atoms with Crippen molar-refractivity contribution >= 4 is 16.9 Å². The minimum absolute atomic E-state index is 0.0630. The lowest BCUT2D eigenvalue weighted by Gasteiger charge is -2.15. The zero-order valence-electron chi connectivity index (χ0n) is 12.1. The fourth-order valence-electron chi connectivity index (χ4n) is 2.51. The van der Waals surface area contributed by atoms with Crippen LogP contribution in [0, 0.1) is 6.92 Å². The molecular weight excluding hydrogens is 262 g/mol. The molecule has 1 unspecified atom stereocenters. The van der Waals surface area contributed by atoms with E-state index in [0.717, 1.165) is 22.1 Å². The van der Waals surface area contributed by atoms with Gasteiger partial charge in [0.25, 0.3) is 5.91 Å². The highest BCUT2D eigenvalue weighted by molar-refractivity contribution is 5.96. The Labute approximate surface area is 123 Å². The predicted molar refractivity (Wildman–Crippen MR) is 83.3 cm³/mol. The SMILES string of the molecule is Cc1ccccc1C(C)NC(=O)c1cc2ccccc2o1. The molecule has 1 aromatic heterocycles. The molecule has 0 aliphatic rings. The molecule has 3 heteroatoms. The van der Waals surface area contributed by atoms with Crippen LogP contribution >= 0.6 is 0 Å². The number of rotatable bonds is 3. The second kappa shape index (κ2) is 5.44. The van der Waals surface area contributed by atoms with Crippen molar-refractivity contribution in [3.05, 3.63) is 71.5 Å². The maximum atomic E-state index is 12.3. The number of carbonyl (C=O) groups is 1. The van der Waals surface area contributed by atoms with Crippen molar-refractivity contribution in [1.82, 2.24) is 5.32 Å². The minimum atomic E-state index is -0.193. The predicted octanol–water partition coefficient (Wildman–Crippen LogP) is 4.23. The molecule has 0 aliphatic heterocycles. The van der Waals surface area contributed by atoms with Gasteiger partial charge in [0.05, 0.1) is 6.04 Å². The highest BCUT2D eigenvalue weighted by Gasteiger charge is 2.16. The van der Waals surface area contributed by atoms with Crippen molar-refractivity contribution in [1.29, 1.82) is 0 Å². The van der Waals surface area contributed by atoms with Gasteiger partial charge >= 0.3 is 0 Å². The third-order valence-corrected chi connectivity index (χ3v) is 3.65. The van der Waals surface area contributed by atoms with Crippen molar-refractivity contribution < 1.29 is 9.21 Å². The third kappa shape index (κ3) is 2.68. The van der Waals surface area contributed by atoms with Crippen LogP contribution in [0.4, 0.5) is 0 Å². The first-order chi connectivity index (χ1) is 10.1. The van der Waals surface area contributed by atoms with E-state index in [9.17, 15) is 4.79 Å². The molecule has 1 N–H and O–H groups in total. The number of hydrogen-bond donors (Lipinski definition) is 1. The Bertz CT molecular complexity index is 756. The molecular formula is C18H17NO2. The van der Waals surface area contributed by atoms with Gasteiger partial charge in [-0.2, -0.15) is 0 Å². The number of para-hydroxylation sites is 1. The van der Waals surface area contributed by atoms with Gasteiger partial charge in [-0.3, -0.25) is 4.79 Å². The summed E-state index contributed by atoms with van der Waals surface area (Å²) in [5.74, 6) is 0.151. The first kappa shape index (κ1) is 13.4. The van der Waals surface area contributed by atoms with Gasteiger partial charge in [-0.05, 0) is 37.1 Å². The molecule has 0 saturated heterocycles. The van der Waals surface area contributed by atoms with E-state index in [1.165, 1.54) is 0 Å². The standard InChI is InChI=1S/C18H17NO2/c1-12-7-3-5-9-15(12)13(2)19-18(20)17-11-14-8-4-6-10-16(14)21-17/h3-11,13H,1-2H3,(H,19,20). The van der Waals surface area contributed by atoms with Crippen LogP contribution in [0.1, 0.15) is 34.6 Å². The molecule has 0 saturated carbocycles. The Kier molecular flexibility index (Phi) is 3.48. The van der Waals surface area contributed by atoms with E-state index in [0.29, 0.717) is 5.76 Å². The number of carbonyl (C=O) groups excluding carboxylic acids is 1. The van der Waals surface area contributed by atoms with Gasteiger partial charge in [0.2, 0.25) is 0 Å². The summed E-state index contributed by atoms with van der Waals surface area (Å²) >= 11 is 0. The number of hydrogen-bond acceptors (Lipinski definition) is 2. The lowest BCUT2D eigenvalue weighted by molar-refractivity contribution is 0.0914. The average Bonchev–Trinajstić information content (AvgIpc) is 2.91. The van der Waals surface area contributed by atoms with Gasteiger partial charge in [-0.1, -0.05) is 42.5 Å². The molecule has 1 amide bonds. The average molecular weight is 279 g/mol. The van der Waals surface area contributed by atoms with Crippen LogP contribution in [-0.4, -0.2) is 5.91 Å². The Morgan fingerprint density at radius 1 is 1.10 bits per heavy atom. The number of fused-ring (bicyclic) bond motifs is 1. The first-order valence-corrected chi connectivity index (χ1v) is 7.00. The normalized spacial score (nSPS) is 12.3. The molecule has 0 bridgehead atoms. The second-order valence-electron chi connectivity index (χ2n) is 5.20. The molecule has 0 spiro atoms. The van der Waals surface area contributed by atoms with E-state index in [-0.39, 0.29) is 11.9 Å². The van der Waals surface area contributed by atoms with Crippen LogP contribution in [0.15, 0.2) is 59.0 Å². The summed E-state index contributed by atoms with van der Waals surface area (Å²) in [6.07, 6.45) is 0. The molecule has 106 valence electrons. The lowest BCUT2D eigenvalue weighted by Crippen LogP contribution is -2.26. The van der Waals surface area contributed by atoms with Crippen molar-refractivity contribution in [3.8, 4) is 0 Å². The molecule has 3 rings (SSSR count). The summed E-state index contributed by atoms with van der Waals surface area (Å²) in [4.78, 5) is 12.3. The number of amides is 1. The molecule has 3 nitrogen and oxygen atoms in total. The van der Waals surface area contributed by atoms with Crippen molar-refractivity contribution in [3.63, 3.8) is 0 Å². The Morgan fingerprint density at radius 2 is 1.81 bits per heavy atom. The van der Waals surface area contributed by atoms with Crippen LogP contribution in [0.2, 0.25) is 0 Å². The molecule has 1 heterocycles. The largest absolute Gasteiger partial charge is 0.451 e. The summed E-state index contributed by atoms with van der Waals surface area (Å²) < 4.78 is 5.58. The van der Waals surface area contributed by atoms with E-state index in [1.54, 1.807) is 6.07 Å². The highest BCUT2D eigenvalue weighted by atomic mass is 16.3. The zero-order chi connectivity index (χ0) is 14.8. The maximum absolute atomic E-state index is 12.3. The van der Waals surface area contributed by atoms with Gasteiger partial charge in [-0.15, -0.1) is 0 Å². The van der Waals surface area contributed by atoms with Crippen molar-refractivity contribution in [2.24, 2.45) is 0 Å². The van der Waals surface area contributed by atoms with Crippen LogP contribution < -0.4 is 5.32 Å². The van der Waals surface area contributed by atoms with Crippen LogP contribution in [0.3, 0.4) is 0 Å². The van der Waals surface area contributed by atoms with E-state index in [4.69, 9.17) is 4.42 Å². The van der Waals surface area contributed by atoms with Crippen molar-refractivity contribution in [2.75, 3.05) is 0 Å². The molecule has 3 aromatic rings. The van der Waals surface area contributed by atoms with E-state index in [1.807, 2.05) is 62.4 Å². The van der Waals surface area contributed by atoms with E-state index in [2.05, 4.69) is 5.32 Å². The van der Waals surface area contributed by atoms with Gasteiger partial charge in [0.15, 0.2) is 5.76 Å². The summed E-state index contributed by atoms with van der Waals surface area (Å²) in [6.45, 7) is 4.02. The van der Waals surface area contributed by atoms with Crippen LogP contribution in [-0.2, 0) is 0 Å². The quantitative estimate of drug-likeness (QED) is 0.779. The molecule has 0 fully saturated rings. The maximum Gasteiger partial charge on any atom is 0.287 e. The minimum Gasteiger partial charge on any atom is -0.451 e. The highest BCUT2D eigenvalue weighted by Crippen LogP contribution is 2.21. The number of aryl methyl sites for hydroxylation is 1. The lowest BCUT2D eigenvalue weighted by atomic mass is 10.0. The summed E-state index contributed by atoms with van der Waals surface area (Å²) in [6, 6.07) is 17.4. The van der Waals surface area contributed by atoms with Gasteiger partial charge in [0.1, 0.15) is 5.58 Å². The third-order valence-electron chi connectivity index (χ3n) is 3.65.